The molecule has 2 aromatic carbocycles. The van der Waals surface area contributed by atoms with Gasteiger partial charge in [0.25, 0.3) is 5.91 Å². The maximum atomic E-state index is 12.0. The molecule has 5 heteroatoms. The molecule has 1 N–H and O–H groups in total. The average molecular weight is 326 g/mol. The molecule has 2 rings (SSSR count). The zero-order chi connectivity index (χ0) is 17.4. The molecule has 1 amide bonds. The van der Waals surface area contributed by atoms with Crippen molar-refractivity contribution in [3.63, 3.8) is 0 Å². The van der Waals surface area contributed by atoms with Crippen LogP contribution in [-0.2, 0) is 4.79 Å². The molecule has 0 fully saturated rings. The van der Waals surface area contributed by atoms with E-state index in [0.717, 1.165) is 16.9 Å². The van der Waals surface area contributed by atoms with Crippen molar-refractivity contribution in [2.45, 2.75) is 26.9 Å². The minimum atomic E-state index is -0.635. The van der Waals surface area contributed by atoms with Crippen molar-refractivity contribution >= 4 is 12.1 Å². The number of aryl methyl sites for hydroxylation is 1. The highest BCUT2D eigenvalue weighted by atomic mass is 16.5. The number of carbonyl (C=O) groups is 1. The fourth-order valence-electron chi connectivity index (χ4n) is 2.02. The molecule has 24 heavy (non-hydrogen) atoms. The molecule has 0 aromatic heterocycles. The predicted molar refractivity (Wildman–Crippen MR) is 94.6 cm³/mol. The molecule has 0 aliphatic carbocycles. The molecule has 0 unspecified atom stereocenters. The number of nitrogens with zero attached hydrogens (tertiary/aromatic N) is 1. The average Bonchev–Trinajstić information content (AvgIpc) is 2.56. The first-order chi connectivity index (χ1) is 11.6. The van der Waals surface area contributed by atoms with Gasteiger partial charge in [-0.3, -0.25) is 4.79 Å². The number of ether oxygens (including phenoxy) is 2. The Hall–Kier alpha value is -2.82. The number of carbonyl (C=O) groups excluding carboxylic acids is 1. The molecule has 5 nitrogen and oxygen atoms in total. The van der Waals surface area contributed by atoms with Gasteiger partial charge in [0.1, 0.15) is 11.5 Å². The lowest BCUT2D eigenvalue weighted by molar-refractivity contribution is -0.127. The van der Waals surface area contributed by atoms with E-state index < -0.39 is 6.10 Å². The van der Waals surface area contributed by atoms with Crippen LogP contribution in [0.5, 0.6) is 11.5 Å². The smallest absolute Gasteiger partial charge is 0.280 e. The third kappa shape index (κ3) is 5.43. The highest BCUT2D eigenvalue weighted by Crippen LogP contribution is 2.14. The Kier molecular flexibility index (Phi) is 6.37. The van der Waals surface area contributed by atoms with Crippen LogP contribution in [0.25, 0.3) is 0 Å². The summed E-state index contributed by atoms with van der Waals surface area (Å²) < 4.78 is 11.0. The van der Waals surface area contributed by atoms with Crippen LogP contribution in [0.1, 0.15) is 25.0 Å². The minimum absolute atomic E-state index is 0.307. The van der Waals surface area contributed by atoms with Gasteiger partial charge in [-0.1, -0.05) is 12.1 Å². The number of nitrogens with one attached hydrogen (secondary N) is 1. The van der Waals surface area contributed by atoms with Crippen molar-refractivity contribution in [2.75, 3.05) is 6.61 Å². The second kappa shape index (κ2) is 8.72. The van der Waals surface area contributed by atoms with Crippen LogP contribution in [0.2, 0.25) is 0 Å². The Balaban J connectivity index is 1.85. The van der Waals surface area contributed by atoms with Crippen molar-refractivity contribution in [1.82, 2.24) is 5.43 Å². The summed E-state index contributed by atoms with van der Waals surface area (Å²) in [6, 6.07) is 15.0. The van der Waals surface area contributed by atoms with E-state index in [1.54, 1.807) is 13.1 Å². The molecule has 1 atom stereocenters. The van der Waals surface area contributed by atoms with E-state index in [1.165, 1.54) is 0 Å². The molecule has 0 aliphatic rings. The predicted octanol–water partition coefficient (Wildman–Crippen LogP) is 3.31. The Bertz CT molecular complexity index is 696. The maximum Gasteiger partial charge on any atom is 0.280 e. The number of rotatable bonds is 7. The summed E-state index contributed by atoms with van der Waals surface area (Å²) in [5.74, 6) is 1.16. The number of hydrogen-bond acceptors (Lipinski definition) is 4. The van der Waals surface area contributed by atoms with Crippen molar-refractivity contribution in [3.8, 4) is 11.5 Å². The number of hydrazone groups is 1. The standard InChI is InChI=1S/C19H22N2O3/c1-4-23-17-10-8-16(9-11-17)13-20-21-19(22)15(3)24-18-7-5-6-14(2)12-18/h5-13,15H,4H2,1-3H3,(H,21,22)/b20-13+/t15-/m0/s1. The molecule has 0 radical (unpaired) electrons. The number of benzene rings is 2. The molecule has 126 valence electrons. The van der Waals surface area contributed by atoms with Gasteiger partial charge in [-0.2, -0.15) is 5.10 Å². The van der Waals surface area contributed by atoms with Crippen LogP contribution in [-0.4, -0.2) is 24.8 Å². The summed E-state index contributed by atoms with van der Waals surface area (Å²) in [5, 5.41) is 3.95. The minimum Gasteiger partial charge on any atom is -0.494 e. The molecular weight excluding hydrogens is 304 g/mol. The Morgan fingerprint density at radius 1 is 1.21 bits per heavy atom. The van der Waals surface area contributed by atoms with Gasteiger partial charge >= 0.3 is 0 Å². The zero-order valence-corrected chi connectivity index (χ0v) is 14.2. The fraction of sp³-hybridized carbons (Fsp3) is 0.263. The van der Waals surface area contributed by atoms with Crippen LogP contribution in [0, 0.1) is 6.92 Å². The Morgan fingerprint density at radius 2 is 1.96 bits per heavy atom. The number of amides is 1. The second-order valence-electron chi connectivity index (χ2n) is 5.31. The molecule has 0 bridgehead atoms. The SMILES string of the molecule is CCOc1ccc(/C=N/NC(=O)[C@H](C)Oc2cccc(C)c2)cc1. The van der Waals surface area contributed by atoms with Gasteiger partial charge < -0.3 is 9.47 Å². The third-order valence-electron chi connectivity index (χ3n) is 3.25. The van der Waals surface area contributed by atoms with Gasteiger partial charge in [0.2, 0.25) is 0 Å². The summed E-state index contributed by atoms with van der Waals surface area (Å²) in [4.78, 5) is 12.0. The lowest BCUT2D eigenvalue weighted by Crippen LogP contribution is -2.33. The van der Waals surface area contributed by atoms with E-state index >= 15 is 0 Å². The van der Waals surface area contributed by atoms with Gasteiger partial charge in [0, 0.05) is 0 Å². The molecule has 0 saturated carbocycles. The lowest BCUT2D eigenvalue weighted by Gasteiger charge is -2.13. The zero-order valence-electron chi connectivity index (χ0n) is 14.2. The first kappa shape index (κ1) is 17.5. The van der Waals surface area contributed by atoms with Crippen LogP contribution in [0.3, 0.4) is 0 Å². The Labute approximate surface area is 142 Å². The van der Waals surface area contributed by atoms with E-state index in [0.29, 0.717) is 12.4 Å². The van der Waals surface area contributed by atoms with Gasteiger partial charge in [-0.05, 0) is 68.3 Å². The van der Waals surface area contributed by atoms with Gasteiger partial charge in [-0.15, -0.1) is 0 Å². The topological polar surface area (TPSA) is 59.9 Å². The second-order valence-corrected chi connectivity index (χ2v) is 5.31. The molecule has 0 spiro atoms. The molecular formula is C19H22N2O3. The van der Waals surface area contributed by atoms with Crippen molar-refractivity contribution in [1.29, 1.82) is 0 Å². The van der Waals surface area contributed by atoms with Gasteiger partial charge in [-0.25, -0.2) is 5.43 Å². The van der Waals surface area contributed by atoms with Crippen LogP contribution >= 0.6 is 0 Å². The number of hydrogen-bond donors (Lipinski definition) is 1. The highest BCUT2D eigenvalue weighted by molar-refractivity contribution is 5.84. The van der Waals surface area contributed by atoms with Crippen molar-refractivity contribution in [2.24, 2.45) is 5.10 Å². The summed E-state index contributed by atoms with van der Waals surface area (Å²) in [6.07, 6.45) is 0.941. The van der Waals surface area contributed by atoms with Crippen molar-refractivity contribution in [3.05, 3.63) is 59.7 Å². The molecule has 0 aliphatic heterocycles. The first-order valence-corrected chi connectivity index (χ1v) is 7.87. The molecule has 0 heterocycles. The van der Waals surface area contributed by atoms with Gasteiger partial charge in [0.05, 0.1) is 12.8 Å². The summed E-state index contributed by atoms with van der Waals surface area (Å²) in [7, 11) is 0. The largest absolute Gasteiger partial charge is 0.494 e. The Morgan fingerprint density at radius 3 is 2.62 bits per heavy atom. The molecule has 2 aromatic rings. The van der Waals surface area contributed by atoms with E-state index in [9.17, 15) is 4.79 Å². The first-order valence-electron chi connectivity index (χ1n) is 7.87. The normalized spacial score (nSPS) is 12.0. The van der Waals surface area contributed by atoms with E-state index in [4.69, 9.17) is 9.47 Å². The highest BCUT2D eigenvalue weighted by Gasteiger charge is 2.13. The van der Waals surface area contributed by atoms with Crippen LogP contribution < -0.4 is 14.9 Å². The van der Waals surface area contributed by atoms with Crippen LogP contribution in [0.15, 0.2) is 53.6 Å². The van der Waals surface area contributed by atoms with E-state index in [2.05, 4.69) is 10.5 Å². The maximum absolute atomic E-state index is 12.0. The fourth-order valence-corrected chi connectivity index (χ4v) is 2.02. The summed E-state index contributed by atoms with van der Waals surface area (Å²) >= 11 is 0. The lowest BCUT2D eigenvalue weighted by atomic mass is 10.2. The van der Waals surface area contributed by atoms with E-state index in [1.807, 2.05) is 62.4 Å². The van der Waals surface area contributed by atoms with Crippen LogP contribution in [0.4, 0.5) is 0 Å². The third-order valence-corrected chi connectivity index (χ3v) is 3.25. The van der Waals surface area contributed by atoms with E-state index in [-0.39, 0.29) is 5.91 Å². The molecule has 0 saturated heterocycles. The van der Waals surface area contributed by atoms with Gasteiger partial charge in [0.15, 0.2) is 6.10 Å². The monoisotopic (exact) mass is 326 g/mol. The summed E-state index contributed by atoms with van der Waals surface area (Å²) in [5.41, 5.74) is 4.42. The quantitative estimate of drug-likeness (QED) is 0.627. The summed E-state index contributed by atoms with van der Waals surface area (Å²) in [6.45, 7) is 6.22. The van der Waals surface area contributed by atoms with Crippen molar-refractivity contribution < 1.29 is 14.3 Å².